The first kappa shape index (κ1) is 12.1. The van der Waals surface area contributed by atoms with Gasteiger partial charge in [-0.25, -0.2) is 0 Å². The van der Waals surface area contributed by atoms with Gasteiger partial charge < -0.3 is 11.1 Å². The average molecular weight is 220 g/mol. The third-order valence-corrected chi connectivity index (χ3v) is 2.09. The van der Waals surface area contributed by atoms with E-state index in [1.165, 1.54) is 6.20 Å². The smallest absolute Gasteiger partial charge is 0.271 e. The molecule has 0 atom stereocenters. The van der Waals surface area contributed by atoms with Gasteiger partial charge in [0, 0.05) is 19.5 Å². The lowest BCUT2D eigenvalue weighted by Gasteiger charge is -2.06. The third-order valence-electron chi connectivity index (χ3n) is 2.09. The van der Waals surface area contributed by atoms with Gasteiger partial charge in [0.25, 0.3) is 5.91 Å². The fourth-order valence-electron chi connectivity index (χ4n) is 1.34. The van der Waals surface area contributed by atoms with Gasteiger partial charge in [0.05, 0.1) is 11.9 Å². The molecule has 0 aromatic carbocycles. The van der Waals surface area contributed by atoms with E-state index in [1.807, 2.05) is 6.92 Å². The number of amides is 1. The number of rotatable bonds is 4. The molecule has 0 bridgehead atoms. The van der Waals surface area contributed by atoms with Gasteiger partial charge in [-0.1, -0.05) is 0 Å². The Bertz CT molecular complexity index is 425. The molecule has 1 aromatic heterocycles. The molecule has 0 aliphatic carbocycles. The van der Waals surface area contributed by atoms with Crippen molar-refractivity contribution in [3.8, 4) is 11.8 Å². The fourth-order valence-corrected chi connectivity index (χ4v) is 1.34. The Kier molecular flexibility index (Phi) is 4.40. The summed E-state index contributed by atoms with van der Waals surface area (Å²) in [6.07, 6.45) is 2.13. The Morgan fingerprint density at radius 1 is 1.69 bits per heavy atom. The molecule has 0 spiro atoms. The quantitative estimate of drug-likeness (QED) is 0.577. The second-order valence-electron chi connectivity index (χ2n) is 3.20. The van der Waals surface area contributed by atoms with E-state index in [1.54, 1.807) is 11.6 Å². The molecule has 1 amide bonds. The number of nitrogens with two attached hydrogens (primary N) is 1. The number of aromatic nitrogens is 2. The molecule has 0 radical (unpaired) electrons. The van der Waals surface area contributed by atoms with E-state index in [0.29, 0.717) is 30.9 Å². The maximum atomic E-state index is 11.8. The van der Waals surface area contributed by atoms with Gasteiger partial charge in [0.15, 0.2) is 0 Å². The predicted octanol–water partition coefficient (Wildman–Crippen LogP) is 0.628. The molecular weight excluding hydrogens is 204 g/mol. The summed E-state index contributed by atoms with van der Waals surface area (Å²) in [5.41, 5.74) is 6.50. The first-order valence-electron chi connectivity index (χ1n) is 5.19. The highest BCUT2D eigenvalue weighted by atomic mass is 16.2. The van der Waals surface area contributed by atoms with Crippen LogP contribution in [0.2, 0.25) is 0 Å². The maximum Gasteiger partial charge on any atom is 0.271 e. The van der Waals surface area contributed by atoms with Gasteiger partial charge >= 0.3 is 0 Å². The fraction of sp³-hybridized carbons (Fsp3) is 0.455. The first-order chi connectivity index (χ1) is 7.70. The molecule has 1 heterocycles. The lowest BCUT2D eigenvalue weighted by molar-refractivity contribution is 0.0945. The average Bonchev–Trinajstić information content (AvgIpc) is 2.65. The molecule has 0 saturated carbocycles. The van der Waals surface area contributed by atoms with Crippen molar-refractivity contribution >= 4 is 11.6 Å². The first-order valence-corrected chi connectivity index (χ1v) is 5.19. The minimum absolute atomic E-state index is 0.199. The second kappa shape index (κ2) is 5.81. The van der Waals surface area contributed by atoms with Crippen molar-refractivity contribution in [2.24, 2.45) is 0 Å². The van der Waals surface area contributed by atoms with Gasteiger partial charge in [-0.05, 0) is 13.8 Å². The number of carbonyl (C=O) groups is 1. The van der Waals surface area contributed by atoms with Crippen LogP contribution in [0.5, 0.6) is 0 Å². The van der Waals surface area contributed by atoms with Crippen molar-refractivity contribution < 1.29 is 4.79 Å². The lowest BCUT2D eigenvalue weighted by atomic mass is 10.3. The topological polar surface area (TPSA) is 72.9 Å². The minimum Gasteiger partial charge on any atom is -0.396 e. The van der Waals surface area contributed by atoms with Crippen LogP contribution >= 0.6 is 0 Å². The van der Waals surface area contributed by atoms with E-state index in [4.69, 9.17) is 5.73 Å². The van der Waals surface area contributed by atoms with Crippen molar-refractivity contribution in [2.75, 3.05) is 12.3 Å². The molecule has 5 heteroatoms. The van der Waals surface area contributed by atoms with E-state index >= 15 is 0 Å². The molecule has 0 saturated heterocycles. The van der Waals surface area contributed by atoms with Gasteiger partial charge in [-0.2, -0.15) is 5.10 Å². The van der Waals surface area contributed by atoms with Crippen LogP contribution in [-0.4, -0.2) is 22.2 Å². The van der Waals surface area contributed by atoms with Crippen LogP contribution in [0.25, 0.3) is 0 Å². The van der Waals surface area contributed by atoms with Crippen LogP contribution in [0.4, 0.5) is 5.69 Å². The standard InChI is InChI=1S/C11H16N4O/c1-3-5-6-7-13-11(16)10-9(12)8-14-15(10)4-2/h8H,4,6-7,12H2,1-2H3,(H,13,16). The SMILES string of the molecule is CC#CCCNC(=O)c1c(N)cnn1CC. The Labute approximate surface area is 95.0 Å². The van der Waals surface area contributed by atoms with Crippen molar-refractivity contribution in [1.29, 1.82) is 0 Å². The van der Waals surface area contributed by atoms with Gasteiger partial charge in [0.1, 0.15) is 5.69 Å². The van der Waals surface area contributed by atoms with Crippen LogP contribution in [0.15, 0.2) is 6.20 Å². The van der Waals surface area contributed by atoms with Crippen LogP contribution in [-0.2, 0) is 6.54 Å². The summed E-state index contributed by atoms with van der Waals surface area (Å²) < 4.78 is 1.58. The monoisotopic (exact) mass is 220 g/mol. The number of nitrogens with zero attached hydrogens (tertiary/aromatic N) is 2. The molecule has 0 fully saturated rings. The highest BCUT2D eigenvalue weighted by Crippen LogP contribution is 2.09. The highest BCUT2D eigenvalue weighted by Gasteiger charge is 2.14. The molecule has 16 heavy (non-hydrogen) atoms. The molecule has 3 N–H and O–H groups in total. The highest BCUT2D eigenvalue weighted by molar-refractivity contribution is 5.97. The zero-order valence-corrected chi connectivity index (χ0v) is 9.58. The maximum absolute atomic E-state index is 11.8. The van der Waals surface area contributed by atoms with Crippen molar-refractivity contribution in [3.63, 3.8) is 0 Å². The second-order valence-corrected chi connectivity index (χ2v) is 3.20. The van der Waals surface area contributed by atoms with E-state index in [0.717, 1.165) is 0 Å². The number of hydrogen-bond donors (Lipinski definition) is 2. The lowest BCUT2D eigenvalue weighted by Crippen LogP contribution is -2.27. The number of hydrogen-bond acceptors (Lipinski definition) is 3. The van der Waals surface area contributed by atoms with Crippen LogP contribution in [0.1, 0.15) is 30.8 Å². The summed E-state index contributed by atoms with van der Waals surface area (Å²) in [6, 6.07) is 0. The Morgan fingerprint density at radius 2 is 2.44 bits per heavy atom. The van der Waals surface area contributed by atoms with Crippen molar-refractivity contribution in [2.45, 2.75) is 26.8 Å². The number of nitrogen functional groups attached to an aromatic ring is 1. The molecular formula is C11H16N4O. The van der Waals surface area contributed by atoms with E-state index in [-0.39, 0.29) is 5.91 Å². The molecule has 5 nitrogen and oxygen atoms in total. The molecule has 0 unspecified atom stereocenters. The largest absolute Gasteiger partial charge is 0.396 e. The van der Waals surface area contributed by atoms with E-state index in [9.17, 15) is 4.79 Å². The molecule has 0 aliphatic heterocycles. The van der Waals surface area contributed by atoms with Crippen LogP contribution in [0, 0.1) is 11.8 Å². The molecule has 1 rings (SSSR count). The Hall–Kier alpha value is -1.96. The normalized spacial score (nSPS) is 9.38. The van der Waals surface area contributed by atoms with Gasteiger partial charge in [0.2, 0.25) is 0 Å². The summed E-state index contributed by atoms with van der Waals surface area (Å²) in [7, 11) is 0. The Balaban J connectivity index is 2.64. The minimum atomic E-state index is -0.199. The van der Waals surface area contributed by atoms with E-state index < -0.39 is 0 Å². The summed E-state index contributed by atoms with van der Waals surface area (Å²) in [5, 5.41) is 6.76. The summed E-state index contributed by atoms with van der Waals surface area (Å²) in [4.78, 5) is 11.8. The van der Waals surface area contributed by atoms with Gasteiger partial charge in [-0.3, -0.25) is 9.48 Å². The zero-order valence-electron chi connectivity index (χ0n) is 9.58. The van der Waals surface area contributed by atoms with E-state index in [2.05, 4.69) is 22.3 Å². The summed E-state index contributed by atoms with van der Waals surface area (Å²) >= 11 is 0. The predicted molar refractivity (Wildman–Crippen MR) is 62.7 cm³/mol. The molecule has 0 aliphatic rings. The third kappa shape index (κ3) is 2.76. The van der Waals surface area contributed by atoms with Crippen LogP contribution in [0.3, 0.4) is 0 Å². The summed E-state index contributed by atoms with van der Waals surface area (Å²) in [6.45, 7) is 4.82. The van der Waals surface area contributed by atoms with Gasteiger partial charge in [-0.15, -0.1) is 11.8 Å². The van der Waals surface area contributed by atoms with Crippen molar-refractivity contribution in [3.05, 3.63) is 11.9 Å². The number of anilines is 1. The number of nitrogens with one attached hydrogen (secondary N) is 1. The Morgan fingerprint density at radius 3 is 3.06 bits per heavy atom. The zero-order chi connectivity index (χ0) is 12.0. The number of aryl methyl sites for hydroxylation is 1. The van der Waals surface area contributed by atoms with Crippen LogP contribution < -0.4 is 11.1 Å². The molecule has 86 valence electrons. The number of carbonyl (C=O) groups excluding carboxylic acids is 1. The van der Waals surface area contributed by atoms with Crippen molar-refractivity contribution in [1.82, 2.24) is 15.1 Å². The summed E-state index contributed by atoms with van der Waals surface area (Å²) in [5.74, 6) is 5.44. The molecule has 1 aromatic rings.